The Morgan fingerprint density at radius 2 is 1.47 bits per heavy atom. The molecule has 19 heavy (non-hydrogen) atoms. The lowest BCUT2D eigenvalue weighted by molar-refractivity contribution is 0.583. The molecule has 2 rings (SSSR count). The van der Waals surface area contributed by atoms with Crippen LogP contribution in [0.15, 0.2) is 43.7 Å². The minimum Gasteiger partial charge on any atom is -0.207 e. The number of hydrogen-bond acceptors (Lipinski definition) is 0. The first-order valence-electron chi connectivity index (χ1n) is 5.13. The van der Waals surface area contributed by atoms with Gasteiger partial charge in [0.15, 0.2) is 0 Å². The molecule has 0 N–H and O–H groups in total. The van der Waals surface area contributed by atoms with Crippen molar-refractivity contribution in [2.45, 2.75) is 4.83 Å². The maximum Gasteiger partial charge on any atom is 0.137 e. The summed E-state index contributed by atoms with van der Waals surface area (Å²) in [6.07, 6.45) is 0. The zero-order chi connectivity index (χ0) is 14.2. The Balaban J connectivity index is 2.52. The molecule has 2 aromatic rings. The zero-order valence-electron chi connectivity index (χ0n) is 9.23. The third kappa shape index (κ3) is 3.46. The monoisotopic (exact) mass is 516 g/mol. The van der Waals surface area contributed by atoms with Gasteiger partial charge in [-0.3, -0.25) is 0 Å². The van der Waals surface area contributed by atoms with Gasteiger partial charge in [0, 0.05) is 14.5 Å². The van der Waals surface area contributed by atoms with Crippen LogP contribution >= 0.6 is 63.7 Å². The summed E-state index contributed by atoms with van der Waals surface area (Å²) in [6.45, 7) is 0. The molecule has 0 aromatic heterocycles. The lowest BCUT2D eigenvalue weighted by Crippen LogP contribution is -1.99. The van der Waals surface area contributed by atoms with Gasteiger partial charge < -0.3 is 0 Å². The second-order valence-electron chi connectivity index (χ2n) is 3.82. The van der Waals surface area contributed by atoms with Crippen molar-refractivity contribution >= 4 is 63.7 Å². The first kappa shape index (κ1) is 15.6. The van der Waals surface area contributed by atoms with Crippen molar-refractivity contribution in [2.75, 3.05) is 0 Å². The van der Waals surface area contributed by atoms with Crippen molar-refractivity contribution in [3.63, 3.8) is 0 Å². The Labute approximate surface area is 143 Å². The summed E-state index contributed by atoms with van der Waals surface area (Å²) in [6, 6.07) is 7.88. The maximum atomic E-state index is 13.9. The first-order valence-corrected chi connectivity index (χ1v) is 8.43. The van der Waals surface area contributed by atoms with Crippen molar-refractivity contribution in [3.8, 4) is 0 Å². The van der Waals surface area contributed by atoms with Crippen LogP contribution in [0.5, 0.6) is 0 Å². The van der Waals surface area contributed by atoms with E-state index in [9.17, 15) is 8.78 Å². The molecule has 0 saturated heterocycles. The molecule has 1 unspecified atom stereocenters. The van der Waals surface area contributed by atoms with Crippen molar-refractivity contribution in [3.05, 3.63) is 66.5 Å². The molecule has 0 nitrogen and oxygen atoms in total. The number of hydrogen-bond donors (Lipinski definition) is 0. The molecule has 0 aliphatic heterocycles. The summed E-state index contributed by atoms with van der Waals surface area (Å²) in [5.41, 5.74) is 1.06. The van der Waals surface area contributed by atoms with E-state index in [1.807, 2.05) is 18.2 Å². The van der Waals surface area contributed by atoms with E-state index >= 15 is 0 Å². The fourth-order valence-corrected chi connectivity index (χ4v) is 3.82. The van der Waals surface area contributed by atoms with Gasteiger partial charge in [-0.2, -0.15) is 0 Å². The van der Waals surface area contributed by atoms with Gasteiger partial charge in [0.25, 0.3) is 0 Å². The van der Waals surface area contributed by atoms with E-state index in [1.165, 1.54) is 6.07 Å². The number of alkyl halides is 1. The zero-order valence-corrected chi connectivity index (χ0v) is 15.6. The minimum absolute atomic E-state index is 0.113. The molecule has 0 radical (unpaired) electrons. The summed E-state index contributed by atoms with van der Waals surface area (Å²) in [5, 5.41) is 0. The molecular formula is C13H6Br4F2. The van der Waals surface area contributed by atoms with E-state index in [1.54, 1.807) is 0 Å². The summed E-state index contributed by atoms with van der Waals surface area (Å²) >= 11 is 13.2. The highest BCUT2D eigenvalue weighted by molar-refractivity contribution is 9.11. The highest BCUT2D eigenvalue weighted by atomic mass is 79.9. The average molecular weight is 520 g/mol. The van der Waals surface area contributed by atoms with Gasteiger partial charge >= 0.3 is 0 Å². The van der Waals surface area contributed by atoms with Crippen molar-refractivity contribution in [1.82, 2.24) is 0 Å². The Hall–Kier alpha value is 0.220. The van der Waals surface area contributed by atoms with Crippen LogP contribution in [0.25, 0.3) is 0 Å². The lowest BCUT2D eigenvalue weighted by atomic mass is 10.0. The summed E-state index contributed by atoms with van der Waals surface area (Å²) < 4.78 is 29.3. The maximum absolute atomic E-state index is 13.9. The summed E-state index contributed by atoms with van der Waals surface area (Å²) in [7, 11) is 0. The predicted molar refractivity (Wildman–Crippen MR) is 86.7 cm³/mol. The predicted octanol–water partition coefficient (Wildman–Crippen LogP) is 6.74. The Morgan fingerprint density at radius 1 is 0.789 bits per heavy atom. The molecular weight excluding hydrogens is 514 g/mol. The van der Waals surface area contributed by atoms with E-state index in [0.29, 0.717) is 0 Å². The first-order chi connectivity index (χ1) is 8.90. The molecule has 0 bridgehead atoms. The average Bonchev–Trinajstić information content (AvgIpc) is 2.36. The molecule has 6 heteroatoms. The van der Waals surface area contributed by atoms with Crippen LogP contribution in [-0.4, -0.2) is 0 Å². The minimum atomic E-state index is -0.494. The molecule has 0 fully saturated rings. The van der Waals surface area contributed by atoms with Gasteiger partial charge in [-0.1, -0.05) is 47.8 Å². The Morgan fingerprint density at radius 3 is 2.16 bits per heavy atom. The highest BCUT2D eigenvalue weighted by Gasteiger charge is 2.19. The normalized spacial score (nSPS) is 12.5. The highest BCUT2D eigenvalue weighted by Crippen LogP contribution is 2.39. The number of rotatable bonds is 2. The third-order valence-corrected chi connectivity index (χ3v) is 5.35. The van der Waals surface area contributed by atoms with E-state index < -0.39 is 16.5 Å². The van der Waals surface area contributed by atoms with Crippen molar-refractivity contribution in [1.29, 1.82) is 0 Å². The quantitative estimate of drug-likeness (QED) is 0.305. The smallest absolute Gasteiger partial charge is 0.137 e. The van der Waals surface area contributed by atoms with Crippen LogP contribution < -0.4 is 0 Å². The fraction of sp³-hybridized carbons (Fsp3) is 0.0769. The van der Waals surface area contributed by atoms with Crippen LogP contribution in [0, 0.1) is 11.6 Å². The van der Waals surface area contributed by atoms with Crippen LogP contribution in [-0.2, 0) is 0 Å². The Kier molecular flexibility index (Phi) is 5.20. The molecule has 2 aromatic carbocycles. The van der Waals surface area contributed by atoms with Gasteiger partial charge in [-0.05, 0) is 51.8 Å². The molecule has 0 amide bonds. The summed E-state index contributed by atoms with van der Waals surface area (Å²) in [5.74, 6) is -0.964. The van der Waals surface area contributed by atoms with Crippen LogP contribution in [0.4, 0.5) is 8.78 Å². The molecule has 0 aliphatic carbocycles. The standard InChI is InChI=1S/C13H6Br4F2/c14-6-1-2-9(15)7(3-6)13(17)8-4-12(19)10(16)5-11(8)18/h1-5,13H. The fourth-order valence-electron chi connectivity index (χ4n) is 1.61. The van der Waals surface area contributed by atoms with E-state index in [-0.39, 0.29) is 10.0 Å². The summed E-state index contributed by atoms with van der Waals surface area (Å²) in [4.78, 5) is -0.443. The van der Waals surface area contributed by atoms with Crippen molar-refractivity contribution < 1.29 is 8.78 Å². The van der Waals surface area contributed by atoms with E-state index in [2.05, 4.69) is 63.7 Å². The molecule has 0 spiro atoms. The largest absolute Gasteiger partial charge is 0.207 e. The van der Waals surface area contributed by atoms with E-state index in [0.717, 1.165) is 20.6 Å². The van der Waals surface area contributed by atoms with Gasteiger partial charge in [-0.15, -0.1) is 0 Å². The van der Waals surface area contributed by atoms with Gasteiger partial charge in [0.1, 0.15) is 11.6 Å². The van der Waals surface area contributed by atoms with Gasteiger partial charge in [-0.25, -0.2) is 8.78 Å². The van der Waals surface area contributed by atoms with Gasteiger partial charge in [0.05, 0.1) is 9.30 Å². The Bertz CT molecular complexity index is 628. The van der Waals surface area contributed by atoms with Crippen LogP contribution in [0.1, 0.15) is 16.0 Å². The number of benzene rings is 2. The van der Waals surface area contributed by atoms with Crippen molar-refractivity contribution in [2.24, 2.45) is 0 Å². The van der Waals surface area contributed by atoms with Gasteiger partial charge in [0.2, 0.25) is 0 Å². The molecule has 0 heterocycles. The third-order valence-electron chi connectivity index (χ3n) is 2.54. The van der Waals surface area contributed by atoms with Crippen LogP contribution in [0.2, 0.25) is 0 Å². The topological polar surface area (TPSA) is 0 Å². The molecule has 1 atom stereocenters. The second kappa shape index (κ2) is 6.33. The SMILES string of the molecule is Fc1cc(C(Br)c2cc(Br)ccc2Br)c(F)cc1Br. The molecule has 0 aliphatic rings. The lowest BCUT2D eigenvalue weighted by Gasteiger charge is -2.14. The molecule has 0 saturated carbocycles. The van der Waals surface area contributed by atoms with Crippen LogP contribution in [0.3, 0.4) is 0 Å². The van der Waals surface area contributed by atoms with E-state index in [4.69, 9.17) is 0 Å². The second-order valence-corrected chi connectivity index (χ2v) is 7.36. The number of halogens is 6. The molecule has 100 valence electrons.